The van der Waals surface area contributed by atoms with Gasteiger partial charge < -0.3 is 24.4 Å². The monoisotopic (exact) mass is 317 g/mol. The van der Waals surface area contributed by atoms with E-state index in [2.05, 4.69) is 4.90 Å². The van der Waals surface area contributed by atoms with E-state index in [9.17, 15) is 10.2 Å². The lowest BCUT2D eigenvalue weighted by atomic mass is 9.73. The number of aliphatic hydroxyl groups is 2. The molecule has 6 heteroatoms. The minimum Gasteiger partial charge on any atom is -0.454 e. The molecule has 1 aromatic rings. The molecule has 1 saturated heterocycles. The maximum absolute atomic E-state index is 10.7. The molecule has 0 amide bonds. The van der Waals surface area contributed by atoms with Gasteiger partial charge in [-0.2, -0.15) is 0 Å². The lowest BCUT2D eigenvalue weighted by Crippen LogP contribution is -2.50. The summed E-state index contributed by atoms with van der Waals surface area (Å²) in [5.41, 5.74) is 3.25. The molecule has 1 fully saturated rings. The molecule has 6 nitrogen and oxygen atoms in total. The van der Waals surface area contributed by atoms with Gasteiger partial charge in [0.25, 0.3) is 0 Å². The van der Waals surface area contributed by atoms with E-state index in [-0.39, 0.29) is 24.9 Å². The van der Waals surface area contributed by atoms with Gasteiger partial charge in [-0.25, -0.2) is 0 Å². The molecule has 0 radical (unpaired) electrons. The molecule has 5 unspecified atom stereocenters. The first-order valence-corrected chi connectivity index (χ1v) is 7.94. The predicted molar refractivity (Wildman–Crippen MR) is 80.4 cm³/mol. The van der Waals surface area contributed by atoms with Crippen molar-refractivity contribution in [2.45, 2.75) is 36.8 Å². The molecular weight excluding hydrogens is 298 g/mol. The van der Waals surface area contributed by atoms with Crippen molar-refractivity contribution in [2.24, 2.45) is 0 Å². The van der Waals surface area contributed by atoms with Crippen molar-refractivity contribution in [3.8, 4) is 11.5 Å². The Labute approximate surface area is 133 Å². The minimum atomic E-state index is -0.875. The van der Waals surface area contributed by atoms with Crippen LogP contribution in [0.1, 0.15) is 17.0 Å². The Morgan fingerprint density at radius 2 is 2.00 bits per heavy atom. The van der Waals surface area contributed by atoms with Gasteiger partial charge in [0.1, 0.15) is 0 Å². The van der Waals surface area contributed by atoms with Gasteiger partial charge in [-0.15, -0.1) is 0 Å². The molecule has 23 heavy (non-hydrogen) atoms. The SMILES string of the molecule is COC1CN2Cc3cc4c(cc3C3C(O)C(O)C=C1C32)OCO4. The number of aliphatic hydroxyl groups excluding tert-OH is 2. The highest BCUT2D eigenvalue weighted by Gasteiger charge is 2.52. The van der Waals surface area contributed by atoms with Crippen molar-refractivity contribution in [1.29, 1.82) is 0 Å². The lowest BCUT2D eigenvalue weighted by molar-refractivity contribution is -0.00159. The summed E-state index contributed by atoms with van der Waals surface area (Å²) in [5, 5.41) is 21.0. The van der Waals surface area contributed by atoms with Gasteiger partial charge in [0.05, 0.1) is 18.3 Å². The number of fused-ring (bicyclic) bond motifs is 3. The van der Waals surface area contributed by atoms with E-state index in [1.807, 2.05) is 12.1 Å². The van der Waals surface area contributed by atoms with Crippen LogP contribution >= 0.6 is 0 Å². The summed E-state index contributed by atoms with van der Waals surface area (Å²) in [6, 6.07) is 4.05. The quantitative estimate of drug-likeness (QED) is 0.730. The smallest absolute Gasteiger partial charge is 0.231 e. The highest BCUT2D eigenvalue weighted by Crippen LogP contribution is 2.50. The number of hydrogen-bond donors (Lipinski definition) is 2. The predicted octanol–water partition coefficient (Wildman–Crippen LogP) is 0.373. The fraction of sp³-hybridized carbons (Fsp3) is 0.529. The van der Waals surface area contributed by atoms with Crippen LogP contribution in [0, 0.1) is 0 Å². The summed E-state index contributed by atoms with van der Waals surface area (Å²) < 4.78 is 16.6. The average molecular weight is 317 g/mol. The zero-order chi connectivity index (χ0) is 15.7. The molecule has 5 rings (SSSR count). The van der Waals surface area contributed by atoms with Crippen LogP contribution in [0.25, 0.3) is 0 Å². The standard InChI is InChI=1S/C17H19NO5/c1-21-14-6-18-5-8-2-12-13(23-7-22-12)4-9(8)15-16(18)10(14)3-11(19)17(15)20/h2-4,11,14-17,19-20H,5-7H2,1H3. The topological polar surface area (TPSA) is 71.4 Å². The van der Waals surface area contributed by atoms with Crippen LogP contribution in [0.4, 0.5) is 0 Å². The summed E-state index contributed by atoms with van der Waals surface area (Å²) in [7, 11) is 1.69. The van der Waals surface area contributed by atoms with E-state index >= 15 is 0 Å². The molecule has 4 aliphatic rings. The molecule has 1 aromatic carbocycles. The van der Waals surface area contributed by atoms with Crippen molar-refractivity contribution < 1.29 is 24.4 Å². The average Bonchev–Trinajstić information content (AvgIpc) is 3.13. The van der Waals surface area contributed by atoms with Gasteiger partial charge in [-0.3, -0.25) is 4.90 Å². The van der Waals surface area contributed by atoms with Crippen LogP contribution in [0.3, 0.4) is 0 Å². The second kappa shape index (κ2) is 4.70. The number of rotatable bonds is 1. The van der Waals surface area contributed by atoms with Crippen LogP contribution in [0.15, 0.2) is 23.8 Å². The summed E-state index contributed by atoms with van der Waals surface area (Å²) in [5.74, 6) is 1.30. The second-order valence-electron chi connectivity index (χ2n) is 6.68. The fourth-order valence-corrected chi connectivity index (χ4v) is 4.56. The van der Waals surface area contributed by atoms with Gasteiger partial charge in [0, 0.05) is 32.2 Å². The minimum absolute atomic E-state index is 0.0293. The largest absolute Gasteiger partial charge is 0.454 e. The Balaban J connectivity index is 1.67. The van der Waals surface area contributed by atoms with E-state index in [4.69, 9.17) is 14.2 Å². The number of nitrogens with zero attached hydrogens (tertiary/aromatic N) is 1. The van der Waals surface area contributed by atoms with Gasteiger partial charge >= 0.3 is 0 Å². The first kappa shape index (κ1) is 13.8. The van der Waals surface area contributed by atoms with Crippen LogP contribution in [0.2, 0.25) is 0 Å². The van der Waals surface area contributed by atoms with E-state index < -0.39 is 12.2 Å². The summed E-state index contributed by atoms with van der Waals surface area (Å²) in [6.45, 7) is 1.79. The van der Waals surface area contributed by atoms with Gasteiger partial charge in [0.2, 0.25) is 6.79 Å². The Kier molecular flexibility index (Phi) is 2.82. The summed E-state index contributed by atoms with van der Waals surface area (Å²) >= 11 is 0. The number of methoxy groups -OCH3 is 1. The highest BCUT2D eigenvalue weighted by atomic mass is 16.7. The Hall–Kier alpha value is -1.60. The zero-order valence-electron chi connectivity index (χ0n) is 12.8. The maximum atomic E-state index is 10.7. The van der Waals surface area contributed by atoms with Crippen molar-refractivity contribution in [3.63, 3.8) is 0 Å². The summed E-state index contributed by atoms with van der Waals surface area (Å²) in [4.78, 5) is 2.32. The van der Waals surface area contributed by atoms with Crippen molar-refractivity contribution >= 4 is 0 Å². The first-order valence-electron chi connectivity index (χ1n) is 7.94. The fourth-order valence-electron chi connectivity index (χ4n) is 4.56. The van der Waals surface area contributed by atoms with Gasteiger partial charge in [-0.1, -0.05) is 6.08 Å². The van der Waals surface area contributed by atoms with Gasteiger partial charge in [0.15, 0.2) is 11.5 Å². The van der Waals surface area contributed by atoms with Crippen molar-refractivity contribution in [2.75, 3.05) is 20.4 Å². The molecule has 3 heterocycles. The normalized spacial score (nSPS) is 37.3. The molecule has 3 aliphatic heterocycles. The summed E-state index contributed by atoms with van der Waals surface area (Å²) in [6.07, 6.45) is 0.0395. The van der Waals surface area contributed by atoms with Crippen LogP contribution in [-0.2, 0) is 11.3 Å². The third kappa shape index (κ3) is 1.77. The third-order valence-electron chi connectivity index (χ3n) is 5.58. The number of benzene rings is 1. The third-order valence-corrected chi connectivity index (χ3v) is 5.58. The molecule has 0 bridgehead atoms. The van der Waals surface area contributed by atoms with Crippen molar-refractivity contribution in [3.05, 3.63) is 34.9 Å². The Morgan fingerprint density at radius 3 is 2.78 bits per heavy atom. The van der Waals surface area contributed by atoms with Crippen LogP contribution in [0.5, 0.6) is 11.5 Å². The molecular formula is C17H19NO5. The number of ether oxygens (including phenoxy) is 3. The zero-order valence-corrected chi connectivity index (χ0v) is 12.8. The molecule has 5 atom stereocenters. The second-order valence-corrected chi connectivity index (χ2v) is 6.68. The molecule has 1 aliphatic carbocycles. The Bertz CT molecular complexity index is 702. The van der Waals surface area contributed by atoms with E-state index in [0.717, 1.165) is 41.3 Å². The maximum Gasteiger partial charge on any atom is 0.231 e. The van der Waals surface area contributed by atoms with E-state index in [1.54, 1.807) is 13.2 Å². The van der Waals surface area contributed by atoms with E-state index in [0.29, 0.717) is 0 Å². The molecule has 122 valence electrons. The highest BCUT2D eigenvalue weighted by molar-refractivity contribution is 5.53. The van der Waals surface area contributed by atoms with Crippen LogP contribution in [-0.4, -0.2) is 59.9 Å². The molecule has 0 aromatic heterocycles. The Morgan fingerprint density at radius 1 is 1.22 bits per heavy atom. The first-order chi connectivity index (χ1) is 11.2. The van der Waals surface area contributed by atoms with Crippen molar-refractivity contribution in [1.82, 2.24) is 4.90 Å². The molecule has 0 spiro atoms. The lowest BCUT2D eigenvalue weighted by Gasteiger charge is -2.44. The molecule has 0 saturated carbocycles. The number of hydrogen-bond acceptors (Lipinski definition) is 6. The molecule has 2 N–H and O–H groups in total. The van der Waals surface area contributed by atoms with E-state index in [1.165, 1.54) is 0 Å². The van der Waals surface area contributed by atoms with Crippen LogP contribution < -0.4 is 9.47 Å². The van der Waals surface area contributed by atoms with Gasteiger partial charge in [-0.05, 0) is 28.8 Å².